The highest BCUT2D eigenvalue weighted by molar-refractivity contribution is 5.96. The number of nitrogens with zero attached hydrogens (tertiary/aromatic N) is 4. The molecule has 0 radical (unpaired) electrons. The second-order valence-corrected chi connectivity index (χ2v) is 6.33. The van der Waals surface area contributed by atoms with Gasteiger partial charge in [0.25, 0.3) is 0 Å². The Bertz CT molecular complexity index is 713. The van der Waals surface area contributed by atoms with E-state index in [9.17, 15) is 4.79 Å². The number of carbonyl (C=O) groups is 1. The van der Waals surface area contributed by atoms with E-state index in [0.29, 0.717) is 19.7 Å². The lowest BCUT2D eigenvalue weighted by Crippen LogP contribution is -2.40. The smallest absolute Gasteiger partial charge is 0.241 e. The molecule has 1 aliphatic rings. The molecule has 0 aliphatic carbocycles. The van der Waals surface area contributed by atoms with Crippen LogP contribution in [0.15, 0.2) is 36.7 Å². The van der Waals surface area contributed by atoms with E-state index in [1.54, 1.807) is 7.11 Å². The number of carbonyl (C=O) groups excluding carboxylic acids is 1. The first-order valence-electron chi connectivity index (χ1n) is 8.82. The van der Waals surface area contributed by atoms with Crippen molar-refractivity contribution in [1.29, 1.82) is 0 Å². The maximum absolute atomic E-state index is 12.9. The largest absolute Gasteiger partial charge is 0.383 e. The minimum Gasteiger partial charge on any atom is -0.383 e. The van der Waals surface area contributed by atoms with Crippen molar-refractivity contribution in [3.63, 3.8) is 0 Å². The number of anilines is 1. The van der Waals surface area contributed by atoms with Crippen LogP contribution in [0.1, 0.15) is 18.1 Å². The Kier molecular flexibility index (Phi) is 5.83. The molecule has 1 aliphatic heterocycles. The molecule has 0 N–H and O–H groups in total. The first-order valence-corrected chi connectivity index (χ1v) is 8.82. The number of benzene rings is 1. The molecule has 0 saturated heterocycles. The molecule has 0 fully saturated rings. The molecule has 25 heavy (non-hydrogen) atoms. The van der Waals surface area contributed by atoms with Crippen LogP contribution >= 0.6 is 0 Å². The number of rotatable bonds is 8. The van der Waals surface area contributed by atoms with E-state index in [2.05, 4.69) is 23.0 Å². The van der Waals surface area contributed by atoms with Crippen LogP contribution < -0.4 is 4.90 Å². The second kappa shape index (κ2) is 8.27. The van der Waals surface area contributed by atoms with Crippen LogP contribution in [-0.2, 0) is 29.0 Å². The quantitative estimate of drug-likeness (QED) is 0.736. The average molecular weight is 342 g/mol. The van der Waals surface area contributed by atoms with Crippen molar-refractivity contribution in [2.75, 3.05) is 38.3 Å². The van der Waals surface area contributed by atoms with E-state index >= 15 is 0 Å². The fourth-order valence-electron chi connectivity index (χ4n) is 3.23. The lowest BCUT2D eigenvalue weighted by Gasteiger charge is -2.24. The first kappa shape index (κ1) is 17.6. The second-order valence-electron chi connectivity index (χ2n) is 6.33. The molecule has 0 unspecified atom stereocenters. The molecule has 0 bridgehead atoms. The fraction of sp³-hybridized carbons (Fsp3) is 0.474. The third kappa shape index (κ3) is 4.27. The number of methoxy groups -OCH3 is 1. The van der Waals surface area contributed by atoms with Crippen LogP contribution in [0.25, 0.3) is 0 Å². The van der Waals surface area contributed by atoms with Crippen molar-refractivity contribution in [1.82, 2.24) is 14.7 Å². The van der Waals surface area contributed by atoms with Gasteiger partial charge in [0.1, 0.15) is 0 Å². The summed E-state index contributed by atoms with van der Waals surface area (Å²) >= 11 is 0. The summed E-state index contributed by atoms with van der Waals surface area (Å²) in [5, 5.41) is 4.32. The summed E-state index contributed by atoms with van der Waals surface area (Å²) in [6, 6.07) is 8.16. The average Bonchev–Trinajstić information content (AvgIpc) is 3.26. The highest BCUT2D eigenvalue weighted by Crippen LogP contribution is 2.27. The van der Waals surface area contributed by atoms with Crippen LogP contribution in [0.2, 0.25) is 0 Å². The van der Waals surface area contributed by atoms with E-state index in [1.165, 1.54) is 5.56 Å². The van der Waals surface area contributed by atoms with Gasteiger partial charge in [-0.3, -0.25) is 14.4 Å². The standard InChI is InChI=1S/C19H26N4O2/c1-3-22-14-16(12-20-22)13-21(10-11-25-2)15-19(24)23-9-8-17-6-4-5-7-18(17)23/h4-7,12,14H,3,8-11,13,15H2,1-2H3. The van der Waals surface area contributed by atoms with E-state index < -0.39 is 0 Å². The molecule has 2 heterocycles. The van der Waals surface area contributed by atoms with Gasteiger partial charge in [0, 0.05) is 50.7 Å². The summed E-state index contributed by atoms with van der Waals surface area (Å²) in [4.78, 5) is 16.9. The zero-order valence-electron chi connectivity index (χ0n) is 15.0. The van der Waals surface area contributed by atoms with Crippen LogP contribution in [0.3, 0.4) is 0 Å². The number of amides is 1. The molecular formula is C19H26N4O2. The third-order valence-electron chi connectivity index (χ3n) is 4.58. The highest BCUT2D eigenvalue weighted by Gasteiger charge is 2.25. The van der Waals surface area contributed by atoms with E-state index in [4.69, 9.17) is 4.74 Å². The molecule has 1 aromatic heterocycles. The van der Waals surface area contributed by atoms with Crippen LogP contribution in [-0.4, -0.2) is 53.9 Å². The number of fused-ring (bicyclic) bond motifs is 1. The Morgan fingerprint density at radius 1 is 1.36 bits per heavy atom. The zero-order valence-corrected chi connectivity index (χ0v) is 15.0. The van der Waals surface area contributed by atoms with Crippen molar-refractivity contribution in [3.05, 3.63) is 47.8 Å². The highest BCUT2D eigenvalue weighted by atomic mass is 16.5. The van der Waals surface area contributed by atoms with Gasteiger partial charge in [-0.2, -0.15) is 5.10 Å². The van der Waals surface area contributed by atoms with Crippen LogP contribution in [0, 0.1) is 0 Å². The van der Waals surface area contributed by atoms with E-state index in [-0.39, 0.29) is 5.91 Å². The third-order valence-corrected chi connectivity index (χ3v) is 4.58. The molecular weight excluding hydrogens is 316 g/mol. The van der Waals surface area contributed by atoms with Gasteiger partial charge >= 0.3 is 0 Å². The predicted octanol–water partition coefficient (Wildman–Crippen LogP) is 1.94. The van der Waals surface area contributed by atoms with Gasteiger partial charge in [0.05, 0.1) is 19.3 Å². The molecule has 0 spiro atoms. The van der Waals surface area contributed by atoms with Gasteiger partial charge in [-0.15, -0.1) is 0 Å². The maximum Gasteiger partial charge on any atom is 0.241 e. The lowest BCUT2D eigenvalue weighted by atomic mass is 10.2. The topological polar surface area (TPSA) is 50.6 Å². The maximum atomic E-state index is 12.9. The summed E-state index contributed by atoms with van der Waals surface area (Å²) < 4.78 is 7.12. The van der Waals surface area contributed by atoms with Crippen LogP contribution in [0.5, 0.6) is 0 Å². The summed E-state index contributed by atoms with van der Waals surface area (Å²) in [5.74, 6) is 0.143. The Morgan fingerprint density at radius 3 is 2.96 bits per heavy atom. The summed E-state index contributed by atoms with van der Waals surface area (Å²) in [6.45, 7) is 6.08. The molecule has 0 saturated carbocycles. The first-order chi connectivity index (χ1) is 12.2. The van der Waals surface area contributed by atoms with Crippen molar-refractivity contribution in [2.45, 2.75) is 26.4 Å². The van der Waals surface area contributed by atoms with E-state index in [1.807, 2.05) is 40.2 Å². The Morgan fingerprint density at radius 2 is 2.20 bits per heavy atom. The lowest BCUT2D eigenvalue weighted by molar-refractivity contribution is -0.119. The van der Waals surface area contributed by atoms with Gasteiger partial charge in [0.15, 0.2) is 0 Å². The van der Waals surface area contributed by atoms with Crippen molar-refractivity contribution in [3.8, 4) is 0 Å². The van der Waals surface area contributed by atoms with Gasteiger partial charge in [-0.05, 0) is 25.0 Å². The molecule has 6 nitrogen and oxygen atoms in total. The van der Waals surface area contributed by atoms with Crippen LogP contribution in [0.4, 0.5) is 5.69 Å². The fourth-order valence-corrected chi connectivity index (χ4v) is 3.23. The van der Waals surface area contributed by atoms with Gasteiger partial charge < -0.3 is 9.64 Å². The summed E-state index contributed by atoms with van der Waals surface area (Å²) in [5.41, 5.74) is 3.43. The summed E-state index contributed by atoms with van der Waals surface area (Å²) in [7, 11) is 1.69. The molecule has 2 aromatic rings. The Hall–Kier alpha value is -2.18. The molecule has 0 atom stereocenters. The minimum atomic E-state index is 0.143. The minimum absolute atomic E-state index is 0.143. The van der Waals surface area contributed by atoms with Gasteiger partial charge in [-0.1, -0.05) is 18.2 Å². The van der Waals surface area contributed by atoms with Gasteiger partial charge in [0.2, 0.25) is 5.91 Å². The number of aromatic nitrogens is 2. The molecule has 3 rings (SSSR count). The Labute approximate surface area is 149 Å². The van der Waals surface area contributed by atoms with Crippen molar-refractivity contribution >= 4 is 11.6 Å². The number of hydrogen-bond donors (Lipinski definition) is 0. The normalized spacial score (nSPS) is 13.5. The molecule has 1 aromatic carbocycles. The molecule has 134 valence electrons. The SMILES string of the molecule is CCn1cc(CN(CCOC)CC(=O)N2CCc3ccccc32)cn1. The monoisotopic (exact) mass is 342 g/mol. The number of aryl methyl sites for hydroxylation is 1. The Balaban J connectivity index is 1.66. The van der Waals surface area contributed by atoms with Crippen molar-refractivity contribution in [2.24, 2.45) is 0 Å². The van der Waals surface area contributed by atoms with Crippen molar-refractivity contribution < 1.29 is 9.53 Å². The number of ether oxygens (including phenoxy) is 1. The van der Waals surface area contributed by atoms with E-state index in [0.717, 1.165) is 37.3 Å². The predicted molar refractivity (Wildman–Crippen MR) is 97.6 cm³/mol. The summed E-state index contributed by atoms with van der Waals surface area (Å²) in [6.07, 6.45) is 4.84. The molecule has 6 heteroatoms. The van der Waals surface area contributed by atoms with Gasteiger partial charge in [-0.25, -0.2) is 0 Å². The number of para-hydroxylation sites is 1. The zero-order chi connectivity index (χ0) is 17.6. The molecule has 1 amide bonds. The number of hydrogen-bond acceptors (Lipinski definition) is 4.